The summed E-state index contributed by atoms with van der Waals surface area (Å²) < 4.78 is 5.12. The molecule has 168 valence electrons. The fourth-order valence-corrected chi connectivity index (χ4v) is 4.86. The zero-order valence-corrected chi connectivity index (χ0v) is 19.1. The quantitative estimate of drug-likeness (QED) is 0.466. The van der Waals surface area contributed by atoms with Crippen LogP contribution in [-0.2, 0) is 14.3 Å². The number of nitrogens with one attached hydrogen (secondary N) is 2. The number of thiophene rings is 1. The molecule has 1 atom stereocenters. The Morgan fingerprint density at radius 2 is 1.97 bits per heavy atom. The predicted molar refractivity (Wildman–Crippen MR) is 121 cm³/mol. The van der Waals surface area contributed by atoms with Crippen LogP contribution >= 0.6 is 22.9 Å². The highest BCUT2D eigenvalue weighted by molar-refractivity contribution is 7.18. The van der Waals surface area contributed by atoms with E-state index in [9.17, 15) is 19.2 Å². The Bertz CT molecular complexity index is 1100. The van der Waals surface area contributed by atoms with Crippen LogP contribution in [0.25, 0.3) is 10.4 Å². The molecule has 8 nitrogen and oxygen atoms in total. The Labute approximate surface area is 193 Å². The summed E-state index contributed by atoms with van der Waals surface area (Å²) in [6, 6.07) is 8.15. The molecule has 1 aromatic carbocycles. The summed E-state index contributed by atoms with van der Waals surface area (Å²) in [5.41, 5.74) is 0.123. The number of esters is 1. The molecule has 2 aromatic rings. The number of anilines is 1. The van der Waals surface area contributed by atoms with Crippen molar-refractivity contribution in [2.75, 3.05) is 18.5 Å². The van der Waals surface area contributed by atoms with Gasteiger partial charge in [-0.05, 0) is 56.4 Å². The van der Waals surface area contributed by atoms with Crippen molar-refractivity contribution in [1.82, 2.24) is 10.2 Å². The second kappa shape index (κ2) is 8.55. The molecule has 2 aliphatic rings. The van der Waals surface area contributed by atoms with Crippen molar-refractivity contribution in [3.05, 3.63) is 40.2 Å². The van der Waals surface area contributed by atoms with Gasteiger partial charge in [0.1, 0.15) is 17.0 Å². The minimum Gasteiger partial charge on any atom is -0.462 e. The second-order valence-electron chi connectivity index (χ2n) is 7.93. The number of hydrogen-bond acceptors (Lipinski definition) is 6. The van der Waals surface area contributed by atoms with Crippen LogP contribution < -0.4 is 10.6 Å². The fraction of sp³-hybridized carbons (Fsp3) is 0.364. The van der Waals surface area contributed by atoms with Crippen LogP contribution in [0.5, 0.6) is 0 Å². The number of rotatable bonds is 7. The van der Waals surface area contributed by atoms with Crippen LogP contribution in [0, 0.1) is 5.92 Å². The van der Waals surface area contributed by atoms with E-state index in [1.54, 1.807) is 44.2 Å². The number of halogens is 1. The largest absolute Gasteiger partial charge is 0.462 e. The number of benzene rings is 1. The zero-order chi connectivity index (χ0) is 23.0. The topological polar surface area (TPSA) is 105 Å². The van der Waals surface area contributed by atoms with Gasteiger partial charge in [-0.1, -0.05) is 23.7 Å². The van der Waals surface area contributed by atoms with E-state index in [-0.39, 0.29) is 23.1 Å². The number of ether oxygens (including phenoxy) is 1. The molecule has 10 heteroatoms. The lowest BCUT2D eigenvalue weighted by Gasteiger charge is -2.20. The highest BCUT2D eigenvalue weighted by Crippen LogP contribution is 2.42. The van der Waals surface area contributed by atoms with Gasteiger partial charge in [0, 0.05) is 9.90 Å². The van der Waals surface area contributed by atoms with Crippen molar-refractivity contribution in [3.8, 4) is 10.4 Å². The highest BCUT2D eigenvalue weighted by atomic mass is 35.5. The van der Waals surface area contributed by atoms with E-state index >= 15 is 0 Å². The summed E-state index contributed by atoms with van der Waals surface area (Å²) in [6.07, 6.45) is 1.74. The third-order valence-corrected chi connectivity index (χ3v) is 7.01. The van der Waals surface area contributed by atoms with Crippen LogP contribution in [0.1, 0.15) is 36.4 Å². The van der Waals surface area contributed by atoms with Crippen molar-refractivity contribution < 1.29 is 23.9 Å². The van der Waals surface area contributed by atoms with Gasteiger partial charge in [0.05, 0.1) is 12.3 Å². The monoisotopic (exact) mass is 475 g/mol. The average molecular weight is 476 g/mol. The zero-order valence-electron chi connectivity index (χ0n) is 17.6. The molecule has 2 fully saturated rings. The number of nitrogens with zero attached hydrogens (tertiary/aromatic N) is 1. The SMILES string of the molecule is CCOC(=O)c1sc(-c2ccc(Cl)cc2)cc1NC(=O)CN1C(=O)NC(C)(C2CC2)C1=O. The average Bonchev–Trinajstić information content (AvgIpc) is 3.49. The minimum atomic E-state index is -0.961. The molecule has 0 radical (unpaired) electrons. The Morgan fingerprint density at radius 1 is 1.28 bits per heavy atom. The van der Waals surface area contributed by atoms with Gasteiger partial charge in [-0.3, -0.25) is 14.5 Å². The molecule has 32 heavy (non-hydrogen) atoms. The standard InChI is InChI=1S/C22H22ClN3O5S/c1-3-31-19(28)18-15(10-16(32-18)12-4-8-14(23)9-5-12)24-17(27)11-26-20(29)22(2,13-6-7-13)25-21(26)30/h4-5,8-10,13H,3,6-7,11H2,1-2H3,(H,24,27)(H,25,30). The lowest BCUT2D eigenvalue weighted by atomic mass is 9.96. The van der Waals surface area contributed by atoms with E-state index in [0.717, 1.165) is 28.2 Å². The number of imide groups is 1. The molecule has 1 aromatic heterocycles. The summed E-state index contributed by atoms with van der Waals surface area (Å²) in [4.78, 5) is 52.2. The van der Waals surface area contributed by atoms with Gasteiger partial charge >= 0.3 is 12.0 Å². The molecule has 1 aliphatic heterocycles. The van der Waals surface area contributed by atoms with Crippen LogP contribution in [0.3, 0.4) is 0 Å². The van der Waals surface area contributed by atoms with Gasteiger partial charge in [0.25, 0.3) is 5.91 Å². The summed E-state index contributed by atoms with van der Waals surface area (Å²) in [7, 11) is 0. The Balaban J connectivity index is 1.54. The van der Waals surface area contributed by atoms with Crippen molar-refractivity contribution in [1.29, 1.82) is 0 Å². The third kappa shape index (κ3) is 4.22. The lowest BCUT2D eigenvalue weighted by molar-refractivity contribution is -0.134. The summed E-state index contributed by atoms with van der Waals surface area (Å²) in [6.45, 7) is 3.13. The van der Waals surface area contributed by atoms with E-state index in [0.29, 0.717) is 5.02 Å². The van der Waals surface area contributed by atoms with E-state index in [2.05, 4.69) is 10.6 Å². The van der Waals surface area contributed by atoms with Crippen molar-refractivity contribution in [2.45, 2.75) is 32.2 Å². The predicted octanol–water partition coefficient (Wildman–Crippen LogP) is 3.90. The number of hydrogen-bond donors (Lipinski definition) is 2. The first-order valence-electron chi connectivity index (χ1n) is 10.2. The number of carbonyl (C=O) groups excluding carboxylic acids is 4. The molecule has 0 spiro atoms. The summed E-state index contributed by atoms with van der Waals surface area (Å²) >= 11 is 7.12. The van der Waals surface area contributed by atoms with Gasteiger partial charge in [-0.25, -0.2) is 9.59 Å². The van der Waals surface area contributed by atoms with E-state index in [1.165, 1.54) is 11.3 Å². The first-order chi connectivity index (χ1) is 15.2. The van der Waals surface area contributed by atoms with E-state index < -0.39 is 35.9 Å². The fourth-order valence-electron chi connectivity index (χ4n) is 3.72. The molecule has 4 rings (SSSR count). The number of urea groups is 1. The number of carbonyl (C=O) groups is 4. The molecule has 1 saturated carbocycles. The summed E-state index contributed by atoms with van der Waals surface area (Å²) in [5, 5.41) is 5.95. The van der Waals surface area contributed by atoms with Crippen molar-refractivity contribution in [2.24, 2.45) is 5.92 Å². The highest BCUT2D eigenvalue weighted by Gasteiger charge is 2.56. The smallest absolute Gasteiger partial charge is 0.350 e. The van der Waals surface area contributed by atoms with Gasteiger partial charge in [0.2, 0.25) is 5.91 Å². The maximum atomic E-state index is 12.8. The van der Waals surface area contributed by atoms with Gasteiger partial charge < -0.3 is 15.4 Å². The first kappa shape index (κ1) is 22.3. The Morgan fingerprint density at radius 3 is 2.59 bits per heavy atom. The molecule has 1 aliphatic carbocycles. The second-order valence-corrected chi connectivity index (χ2v) is 9.42. The van der Waals surface area contributed by atoms with Crippen molar-refractivity contribution in [3.63, 3.8) is 0 Å². The van der Waals surface area contributed by atoms with Crippen LogP contribution in [0.2, 0.25) is 5.02 Å². The van der Waals surface area contributed by atoms with Gasteiger partial charge in [-0.15, -0.1) is 11.3 Å². The minimum absolute atomic E-state index is 0.0984. The Hall–Kier alpha value is -2.91. The van der Waals surface area contributed by atoms with E-state index in [1.807, 2.05) is 0 Å². The molecule has 1 unspecified atom stereocenters. The molecular formula is C22H22ClN3O5S. The van der Waals surface area contributed by atoms with Crippen LogP contribution in [0.15, 0.2) is 30.3 Å². The van der Waals surface area contributed by atoms with Crippen LogP contribution in [-0.4, -0.2) is 47.4 Å². The maximum absolute atomic E-state index is 12.8. The van der Waals surface area contributed by atoms with E-state index in [4.69, 9.17) is 16.3 Å². The normalized spacial score (nSPS) is 20.3. The maximum Gasteiger partial charge on any atom is 0.350 e. The van der Waals surface area contributed by atoms with Crippen molar-refractivity contribution >= 4 is 52.4 Å². The molecule has 2 N–H and O–H groups in total. The van der Waals surface area contributed by atoms with Gasteiger partial charge in [0.15, 0.2) is 0 Å². The summed E-state index contributed by atoms with van der Waals surface area (Å²) in [5.74, 6) is -1.46. The third-order valence-electron chi connectivity index (χ3n) is 5.59. The Kier molecular flexibility index (Phi) is 5.96. The number of amides is 4. The molecule has 0 bridgehead atoms. The first-order valence-corrected chi connectivity index (χ1v) is 11.4. The molecule has 1 saturated heterocycles. The lowest BCUT2D eigenvalue weighted by Crippen LogP contribution is -2.46. The molecular weight excluding hydrogens is 454 g/mol. The van der Waals surface area contributed by atoms with Gasteiger partial charge in [-0.2, -0.15) is 0 Å². The molecule has 2 heterocycles. The molecule has 4 amide bonds. The van der Waals surface area contributed by atoms with Crippen LogP contribution in [0.4, 0.5) is 10.5 Å².